The molecule has 0 bridgehead atoms. The Morgan fingerprint density at radius 2 is 1.94 bits per heavy atom. The number of halogens is 2. The Hall–Kier alpha value is -3.07. The highest BCUT2D eigenvalue weighted by Gasteiger charge is 2.33. The number of nitrogens with zero attached hydrogens (tertiary/aromatic N) is 3. The van der Waals surface area contributed by atoms with E-state index in [1.807, 2.05) is 29.2 Å². The van der Waals surface area contributed by atoms with E-state index in [1.165, 1.54) is 0 Å². The molecule has 3 aromatic heterocycles. The van der Waals surface area contributed by atoms with Gasteiger partial charge in [-0.25, -0.2) is 18.6 Å². The van der Waals surface area contributed by atoms with Gasteiger partial charge in [-0.05, 0) is 44.5 Å². The molecule has 1 aliphatic heterocycles. The minimum absolute atomic E-state index is 0.0931. The quantitative estimate of drug-likeness (QED) is 0.570. The zero-order valence-corrected chi connectivity index (χ0v) is 19.0. The van der Waals surface area contributed by atoms with Crippen LogP contribution in [0.5, 0.6) is 0 Å². The summed E-state index contributed by atoms with van der Waals surface area (Å²) < 4.78 is 37.6. The van der Waals surface area contributed by atoms with E-state index in [2.05, 4.69) is 15.3 Å². The van der Waals surface area contributed by atoms with Crippen molar-refractivity contribution in [3.63, 3.8) is 0 Å². The Labute approximate surface area is 191 Å². The van der Waals surface area contributed by atoms with Gasteiger partial charge < -0.3 is 14.5 Å². The Balaban J connectivity index is 1.38. The van der Waals surface area contributed by atoms with Gasteiger partial charge in [0.1, 0.15) is 11.4 Å². The number of ether oxygens (including phenoxy) is 1. The summed E-state index contributed by atoms with van der Waals surface area (Å²) in [6.07, 6.45) is 2.76. The fourth-order valence-electron chi connectivity index (χ4n) is 3.67. The first-order valence-electron chi connectivity index (χ1n) is 11.0. The molecule has 0 unspecified atom stereocenters. The molecule has 9 heteroatoms. The molecule has 4 heterocycles. The van der Waals surface area contributed by atoms with E-state index < -0.39 is 17.6 Å². The molecule has 0 aromatic carbocycles. The van der Waals surface area contributed by atoms with Crippen molar-refractivity contribution in [2.24, 2.45) is 0 Å². The third-order valence-corrected chi connectivity index (χ3v) is 5.34. The number of fused-ring (bicyclic) bond motifs is 1. The average molecular weight is 459 g/mol. The average Bonchev–Trinajstić information content (AvgIpc) is 3.15. The number of amides is 1. The van der Waals surface area contributed by atoms with Crippen molar-refractivity contribution in [2.45, 2.75) is 58.2 Å². The van der Waals surface area contributed by atoms with Gasteiger partial charge in [0, 0.05) is 55.8 Å². The fourth-order valence-corrected chi connectivity index (χ4v) is 3.67. The molecule has 0 aliphatic carbocycles. The van der Waals surface area contributed by atoms with E-state index in [-0.39, 0.29) is 19.4 Å². The molecule has 0 atom stereocenters. The lowest BCUT2D eigenvalue weighted by atomic mass is 10.1. The van der Waals surface area contributed by atoms with E-state index in [4.69, 9.17) is 9.15 Å². The molecule has 176 valence electrons. The number of piperidine rings is 1. The molecule has 0 saturated carbocycles. The van der Waals surface area contributed by atoms with Crippen LogP contribution in [0.2, 0.25) is 0 Å². The van der Waals surface area contributed by atoms with Crippen LogP contribution in [-0.2, 0) is 17.8 Å². The number of aromatic nitrogens is 2. The summed E-state index contributed by atoms with van der Waals surface area (Å²) in [6, 6.07) is 7.62. The van der Waals surface area contributed by atoms with Crippen molar-refractivity contribution >= 4 is 17.2 Å². The Kier molecular flexibility index (Phi) is 6.34. The highest BCUT2D eigenvalue weighted by molar-refractivity contribution is 5.79. The van der Waals surface area contributed by atoms with Crippen molar-refractivity contribution in [1.29, 1.82) is 0 Å². The topological polar surface area (TPSA) is 80.5 Å². The van der Waals surface area contributed by atoms with Gasteiger partial charge in [0.05, 0.1) is 12.2 Å². The molecule has 1 aliphatic rings. The number of rotatable bonds is 5. The smallest absolute Gasteiger partial charge is 0.408 e. The van der Waals surface area contributed by atoms with Gasteiger partial charge in [0.15, 0.2) is 0 Å². The van der Waals surface area contributed by atoms with Crippen molar-refractivity contribution in [2.75, 3.05) is 13.1 Å². The predicted molar refractivity (Wildman–Crippen MR) is 120 cm³/mol. The van der Waals surface area contributed by atoms with Gasteiger partial charge in [-0.2, -0.15) is 0 Å². The van der Waals surface area contributed by atoms with E-state index in [1.54, 1.807) is 33.2 Å². The molecule has 0 spiro atoms. The number of carbonyl (C=O) groups excluding carboxylic acids is 1. The second kappa shape index (κ2) is 9.05. The van der Waals surface area contributed by atoms with Gasteiger partial charge >= 0.3 is 6.09 Å². The Morgan fingerprint density at radius 3 is 2.61 bits per heavy atom. The largest absolute Gasteiger partial charge is 0.444 e. The molecular formula is C24H28F2N4O3. The number of nitrogens with one attached hydrogen (secondary N) is 1. The third-order valence-electron chi connectivity index (χ3n) is 5.34. The number of alkyl halides is 2. The molecule has 3 aromatic rings. The zero-order chi connectivity index (χ0) is 23.6. The summed E-state index contributed by atoms with van der Waals surface area (Å²) in [6.45, 7) is 6.98. The SMILES string of the molecule is CC(C)(C)OC(=O)NCc1cc2cc(-c3ccc(CN4CCC(F)(F)CC4)cn3)cnc2o1. The third kappa shape index (κ3) is 6.25. The summed E-state index contributed by atoms with van der Waals surface area (Å²) in [4.78, 5) is 22.8. The number of furan rings is 1. The van der Waals surface area contributed by atoms with Gasteiger partial charge in [-0.3, -0.25) is 9.88 Å². The molecule has 4 rings (SSSR count). The molecule has 1 amide bonds. The van der Waals surface area contributed by atoms with Crippen LogP contribution in [0.1, 0.15) is 44.9 Å². The summed E-state index contributed by atoms with van der Waals surface area (Å²) >= 11 is 0. The van der Waals surface area contributed by atoms with Crippen molar-refractivity contribution in [3.05, 3.63) is 48.0 Å². The molecular weight excluding hydrogens is 430 g/mol. The van der Waals surface area contributed by atoms with Gasteiger partial charge in [-0.15, -0.1) is 0 Å². The maximum absolute atomic E-state index is 13.3. The van der Waals surface area contributed by atoms with Crippen LogP contribution in [0.15, 0.2) is 41.1 Å². The van der Waals surface area contributed by atoms with Crippen molar-refractivity contribution in [1.82, 2.24) is 20.2 Å². The molecule has 1 N–H and O–H groups in total. The highest BCUT2D eigenvalue weighted by atomic mass is 19.3. The summed E-state index contributed by atoms with van der Waals surface area (Å²) in [5, 5.41) is 3.47. The lowest BCUT2D eigenvalue weighted by Crippen LogP contribution is -2.38. The van der Waals surface area contributed by atoms with Crippen LogP contribution in [-0.4, -0.2) is 45.6 Å². The molecule has 1 fully saturated rings. The van der Waals surface area contributed by atoms with Crippen molar-refractivity contribution in [3.8, 4) is 11.3 Å². The molecule has 0 radical (unpaired) electrons. The Bertz CT molecular complexity index is 1110. The van der Waals surface area contributed by atoms with Crippen LogP contribution in [0.3, 0.4) is 0 Å². The maximum Gasteiger partial charge on any atom is 0.408 e. The number of alkyl carbamates (subject to hydrolysis) is 1. The maximum atomic E-state index is 13.3. The fraction of sp³-hybridized carbons (Fsp3) is 0.458. The van der Waals surface area contributed by atoms with Gasteiger partial charge in [0.2, 0.25) is 5.71 Å². The van der Waals surface area contributed by atoms with Crippen LogP contribution < -0.4 is 5.32 Å². The van der Waals surface area contributed by atoms with Crippen LogP contribution in [0.25, 0.3) is 22.4 Å². The first kappa shape index (κ1) is 23.1. The molecule has 1 saturated heterocycles. The lowest BCUT2D eigenvalue weighted by Gasteiger charge is -2.31. The number of hydrogen-bond donors (Lipinski definition) is 1. The number of likely N-dealkylation sites (tertiary alicyclic amines) is 1. The second-order valence-corrected chi connectivity index (χ2v) is 9.37. The van der Waals surface area contributed by atoms with E-state index in [0.29, 0.717) is 31.1 Å². The first-order chi connectivity index (χ1) is 15.6. The predicted octanol–water partition coefficient (Wildman–Crippen LogP) is 5.15. The lowest BCUT2D eigenvalue weighted by molar-refractivity contribution is -0.0566. The standard InChI is InChI=1S/C24H28F2N4O3/c1-23(2,3)33-22(31)29-14-19-11-17-10-18(13-28-21(17)32-19)20-5-4-16(12-27-20)15-30-8-6-24(25,26)7-9-30/h4-5,10-13H,6-9,14-15H2,1-3H3,(H,29,31). The van der Waals surface area contributed by atoms with Crippen molar-refractivity contribution < 1.29 is 22.7 Å². The van der Waals surface area contributed by atoms with E-state index in [9.17, 15) is 13.6 Å². The summed E-state index contributed by atoms with van der Waals surface area (Å²) in [5.74, 6) is -1.97. The van der Waals surface area contributed by atoms with Gasteiger partial charge in [-0.1, -0.05) is 6.07 Å². The number of carbonyl (C=O) groups is 1. The summed E-state index contributed by atoms with van der Waals surface area (Å²) in [7, 11) is 0. The van der Waals surface area contributed by atoms with Crippen LogP contribution >= 0.6 is 0 Å². The second-order valence-electron chi connectivity index (χ2n) is 9.37. The number of hydrogen-bond acceptors (Lipinski definition) is 6. The van der Waals surface area contributed by atoms with Crippen LogP contribution in [0, 0.1) is 0 Å². The highest BCUT2D eigenvalue weighted by Crippen LogP contribution is 2.29. The minimum atomic E-state index is -2.54. The van der Waals surface area contributed by atoms with Crippen LogP contribution in [0.4, 0.5) is 13.6 Å². The van der Waals surface area contributed by atoms with E-state index >= 15 is 0 Å². The zero-order valence-electron chi connectivity index (χ0n) is 19.0. The van der Waals surface area contributed by atoms with Gasteiger partial charge in [0.25, 0.3) is 5.92 Å². The monoisotopic (exact) mass is 458 g/mol. The number of pyridine rings is 2. The minimum Gasteiger partial charge on any atom is -0.444 e. The summed E-state index contributed by atoms with van der Waals surface area (Å²) in [5.41, 5.74) is 2.47. The normalized spacial score (nSPS) is 16.6. The molecule has 7 nitrogen and oxygen atoms in total. The molecule has 33 heavy (non-hydrogen) atoms. The van der Waals surface area contributed by atoms with E-state index in [0.717, 1.165) is 22.2 Å². The Morgan fingerprint density at radius 1 is 1.18 bits per heavy atom. The first-order valence-corrected chi connectivity index (χ1v) is 11.0.